The average molecular weight is 126 g/mol. The summed E-state index contributed by atoms with van der Waals surface area (Å²) in [6.07, 6.45) is 3.77. The van der Waals surface area contributed by atoms with Crippen LogP contribution in [0, 0.1) is 0 Å². The Hall–Kier alpha value is -1.12. The Morgan fingerprint density at radius 1 is 1.78 bits per heavy atom. The van der Waals surface area contributed by atoms with E-state index in [-0.39, 0.29) is 0 Å². The van der Waals surface area contributed by atoms with Crippen molar-refractivity contribution < 1.29 is 4.74 Å². The van der Waals surface area contributed by atoms with Crippen LogP contribution in [0.25, 0.3) is 0 Å². The summed E-state index contributed by atoms with van der Waals surface area (Å²) in [5, 5.41) is 2.96. The van der Waals surface area contributed by atoms with Crippen LogP contribution in [0.15, 0.2) is 23.7 Å². The monoisotopic (exact) mass is 126 g/mol. The number of hydrogen-bond acceptors (Lipinski definition) is 3. The van der Waals surface area contributed by atoms with Gasteiger partial charge in [0.05, 0.1) is 12.8 Å². The summed E-state index contributed by atoms with van der Waals surface area (Å²) in [5.74, 6) is 0.664. The van der Waals surface area contributed by atoms with Crippen LogP contribution >= 0.6 is 0 Å². The van der Waals surface area contributed by atoms with Gasteiger partial charge in [-0.1, -0.05) is 6.08 Å². The van der Waals surface area contributed by atoms with E-state index in [9.17, 15) is 0 Å². The molecule has 0 atom stereocenters. The van der Waals surface area contributed by atoms with Gasteiger partial charge < -0.3 is 15.8 Å². The van der Waals surface area contributed by atoms with E-state index in [0.717, 1.165) is 6.54 Å². The van der Waals surface area contributed by atoms with E-state index in [1.165, 1.54) is 0 Å². The third-order valence-corrected chi connectivity index (χ3v) is 1.14. The second-order valence-corrected chi connectivity index (χ2v) is 1.77. The van der Waals surface area contributed by atoms with E-state index in [1.54, 1.807) is 7.11 Å². The number of nitrogens with one attached hydrogen (secondary N) is 1. The van der Waals surface area contributed by atoms with Crippen LogP contribution in [0.2, 0.25) is 0 Å². The minimum Gasteiger partial charge on any atom is -0.481 e. The molecule has 0 aromatic heterocycles. The normalized spacial score (nSPS) is 17.4. The van der Waals surface area contributed by atoms with Crippen molar-refractivity contribution in [3.05, 3.63) is 23.7 Å². The molecule has 0 saturated carbocycles. The molecule has 9 heavy (non-hydrogen) atoms. The molecule has 1 heterocycles. The Kier molecular flexibility index (Phi) is 1.63. The first-order valence-corrected chi connectivity index (χ1v) is 2.78. The quantitative estimate of drug-likeness (QED) is 0.516. The number of methoxy groups -OCH3 is 1. The molecule has 1 aliphatic rings. The van der Waals surface area contributed by atoms with Gasteiger partial charge in [-0.2, -0.15) is 0 Å². The van der Waals surface area contributed by atoms with Gasteiger partial charge in [0.25, 0.3) is 0 Å². The molecular weight excluding hydrogens is 116 g/mol. The lowest BCUT2D eigenvalue weighted by Gasteiger charge is -2.12. The summed E-state index contributed by atoms with van der Waals surface area (Å²) < 4.78 is 4.90. The molecule has 0 bridgehead atoms. The smallest absolute Gasteiger partial charge is 0.210 e. The van der Waals surface area contributed by atoms with Gasteiger partial charge in [0.1, 0.15) is 0 Å². The topological polar surface area (TPSA) is 47.3 Å². The Balaban J connectivity index is 2.72. The van der Waals surface area contributed by atoms with E-state index in [2.05, 4.69) is 5.32 Å². The number of dihydropyridines is 1. The molecule has 0 amide bonds. The Morgan fingerprint density at radius 2 is 2.56 bits per heavy atom. The van der Waals surface area contributed by atoms with E-state index in [4.69, 9.17) is 10.5 Å². The number of rotatable bonds is 1. The molecule has 50 valence electrons. The summed E-state index contributed by atoms with van der Waals surface area (Å²) in [6, 6.07) is 0. The van der Waals surface area contributed by atoms with E-state index in [1.807, 2.05) is 12.2 Å². The Bertz CT molecular complexity index is 160. The summed E-state index contributed by atoms with van der Waals surface area (Å²) in [7, 11) is 1.59. The summed E-state index contributed by atoms with van der Waals surface area (Å²) in [5.41, 5.74) is 6.15. The van der Waals surface area contributed by atoms with Crippen molar-refractivity contribution in [2.75, 3.05) is 13.7 Å². The molecule has 0 unspecified atom stereocenters. The van der Waals surface area contributed by atoms with Crippen LogP contribution in [0.4, 0.5) is 0 Å². The molecular formula is C6H10N2O. The SMILES string of the molecule is COC1=C(N)C=CCN1. The van der Waals surface area contributed by atoms with Gasteiger partial charge in [-0.05, 0) is 6.08 Å². The molecule has 0 aromatic rings. The molecule has 0 aromatic carbocycles. The van der Waals surface area contributed by atoms with E-state index in [0.29, 0.717) is 11.6 Å². The molecule has 3 heteroatoms. The Labute approximate surface area is 54.2 Å². The predicted molar refractivity (Wildman–Crippen MR) is 35.4 cm³/mol. The fraction of sp³-hybridized carbons (Fsp3) is 0.333. The molecule has 0 spiro atoms. The number of ether oxygens (including phenoxy) is 1. The molecule has 3 nitrogen and oxygen atoms in total. The minimum atomic E-state index is 0.656. The molecule has 0 saturated heterocycles. The molecule has 0 aliphatic carbocycles. The highest BCUT2D eigenvalue weighted by Crippen LogP contribution is 2.00. The van der Waals surface area contributed by atoms with Crippen molar-refractivity contribution in [1.82, 2.24) is 5.32 Å². The second kappa shape index (κ2) is 2.44. The first-order valence-electron chi connectivity index (χ1n) is 2.78. The molecule has 0 radical (unpaired) electrons. The van der Waals surface area contributed by atoms with Gasteiger partial charge in [-0.3, -0.25) is 0 Å². The summed E-state index contributed by atoms with van der Waals surface area (Å²) in [6.45, 7) is 0.796. The van der Waals surface area contributed by atoms with Crippen molar-refractivity contribution in [3.63, 3.8) is 0 Å². The number of allylic oxidation sites excluding steroid dienone is 1. The molecule has 1 rings (SSSR count). The van der Waals surface area contributed by atoms with Gasteiger partial charge in [-0.15, -0.1) is 0 Å². The van der Waals surface area contributed by atoms with Crippen LogP contribution < -0.4 is 11.1 Å². The second-order valence-electron chi connectivity index (χ2n) is 1.77. The van der Waals surface area contributed by atoms with Crippen LogP contribution in [0.5, 0.6) is 0 Å². The average Bonchev–Trinajstić information content (AvgIpc) is 1.89. The highest BCUT2D eigenvalue weighted by atomic mass is 16.5. The number of hydrogen-bond donors (Lipinski definition) is 2. The van der Waals surface area contributed by atoms with Crippen LogP contribution in [0.3, 0.4) is 0 Å². The molecule has 1 aliphatic heterocycles. The lowest BCUT2D eigenvalue weighted by atomic mass is 10.3. The van der Waals surface area contributed by atoms with Gasteiger partial charge in [0.15, 0.2) is 0 Å². The van der Waals surface area contributed by atoms with Crippen molar-refractivity contribution in [1.29, 1.82) is 0 Å². The summed E-state index contributed by atoms with van der Waals surface area (Å²) in [4.78, 5) is 0. The fourth-order valence-electron chi connectivity index (χ4n) is 0.705. The zero-order valence-electron chi connectivity index (χ0n) is 5.35. The predicted octanol–water partition coefficient (Wildman–Crippen LogP) is -0.0800. The maximum Gasteiger partial charge on any atom is 0.210 e. The van der Waals surface area contributed by atoms with Crippen molar-refractivity contribution in [2.24, 2.45) is 5.73 Å². The fourth-order valence-corrected chi connectivity index (χ4v) is 0.705. The van der Waals surface area contributed by atoms with Crippen LogP contribution in [-0.2, 0) is 4.74 Å². The highest BCUT2D eigenvalue weighted by Gasteiger charge is 2.01. The van der Waals surface area contributed by atoms with Crippen molar-refractivity contribution >= 4 is 0 Å². The van der Waals surface area contributed by atoms with Crippen LogP contribution in [0.1, 0.15) is 0 Å². The van der Waals surface area contributed by atoms with Gasteiger partial charge in [0, 0.05) is 6.54 Å². The maximum atomic E-state index is 5.49. The van der Waals surface area contributed by atoms with Crippen molar-refractivity contribution in [2.45, 2.75) is 0 Å². The Morgan fingerprint density at radius 3 is 3.00 bits per heavy atom. The van der Waals surface area contributed by atoms with Gasteiger partial charge >= 0.3 is 0 Å². The zero-order chi connectivity index (χ0) is 6.69. The third-order valence-electron chi connectivity index (χ3n) is 1.14. The van der Waals surface area contributed by atoms with E-state index < -0.39 is 0 Å². The van der Waals surface area contributed by atoms with Gasteiger partial charge in [0.2, 0.25) is 5.88 Å². The first-order chi connectivity index (χ1) is 4.34. The zero-order valence-corrected chi connectivity index (χ0v) is 5.35. The lowest BCUT2D eigenvalue weighted by Crippen LogP contribution is -2.22. The largest absolute Gasteiger partial charge is 0.481 e. The molecule has 0 fully saturated rings. The minimum absolute atomic E-state index is 0.656. The first kappa shape index (κ1) is 6.01. The maximum absolute atomic E-state index is 5.49. The van der Waals surface area contributed by atoms with Crippen molar-refractivity contribution in [3.8, 4) is 0 Å². The molecule has 3 N–H and O–H groups in total. The summed E-state index contributed by atoms with van der Waals surface area (Å²) >= 11 is 0. The highest BCUT2D eigenvalue weighted by molar-refractivity contribution is 5.22. The third kappa shape index (κ3) is 1.16. The standard InChI is InChI=1S/C6H10N2O/c1-9-6-5(7)3-2-4-8-6/h2-3,8H,4,7H2,1H3. The number of nitrogens with two attached hydrogens (primary N) is 1. The van der Waals surface area contributed by atoms with Crippen LogP contribution in [-0.4, -0.2) is 13.7 Å². The van der Waals surface area contributed by atoms with E-state index >= 15 is 0 Å². The lowest BCUT2D eigenvalue weighted by molar-refractivity contribution is 0.259. The van der Waals surface area contributed by atoms with Gasteiger partial charge in [-0.25, -0.2) is 0 Å².